The lowest BCUT2D eigenvalue weighted by molar-refractivity contribution is 0.621. The van der Waals surface area contributed by atoms with Gasteiger partial charge in [0.05, 0.1) is 17.6 Å². The first-order valence-electron chi connectivity index (χ1n) is 9.29. The third kappa shape index (κ3) is 4.20. The van der Waals surface area contributed by atoms with E-state index in [1.54, 1.807) is 12.1 Å². The summed E-state index contributed by atoms with van der Waals surface area (Å²) >= 11 is 0. The molecule has 0 aliphatic carbocycles. The number of halogens is 2. The number of nitrogens with zero attached hydrogens (tertiary/aromatic N) is 1. The molecule has 4 rings (SSSR count). The Morgan fingerprint density at radius 2 is 1.46 bits per heavy atom. The molecule has 0 saturated heterocycles. The highest BCUT2D eigenvalue weighted by molar-refractivity contribution is 6.51. The summed E-state index contributed by atoms with van der Waals surface area (Å²) in [6, 6.07) is 23.0. The first kappa shape index (κ1) is 18.2. The van der Waals surface area contributed by atoms with Gasteiger partial charge in [0.2, 0.25) is 7.28 Å². The Morgan fingerprint density at radius 3 is 2.07 bits per heavy atom. The molecule has 1 N–H and O–H groups in total. The second-order valence-electron chi connectivity index (χ2n) is 6.81. The molecule has 0 amide bonds. The summed E-state index contributed by atoms with van der Waals surface area (Å²) in [5.74, 6) is -0.691. The molecule has 0 bridgehead atoms. The zero-order valence-electron chi connectivity index (χ0n) is 15.3. The molecule has 0 radical (unpaired) electrons. The van der Waals surface area contributed by atoms with Crippen molar-refractivity contribution in [3.05, 3.63) is 108 Å². The maximum absolute atomic E-state index is 13.8. The van der Waals surface area contributed by atoms with Gasteiger partial charge in [0, 0.05) is 5.92 Å². The maximum atomic E-state index is 13.8. The minimum absolute atomic E-state index is 0.114. The van der Waals surface area contributed by atoms with Crippen LogP contribution >= 0.6 is 0 Å². The molecular weight excluding hydrogens is 353 g/mol. The van der Waals surface area contributed by atoms with Crippen molar-refractivity contribution in [3.63, 3.8) is 0 Å². The van der Waals surface area contributed by atoms with Crippen LogP contribution in [0.3, 0.4) is 0 Å². The molecule has 2 nitrogen and oxygen atoms in total. The third-order valence-corrected chi connectivity index (χ3v) is 4.89. The van der Waals surface area contributed by atoms with E-state index in [0.29, 0.717) is 13.6 Å². The molecule has 0 aliphatic heterocycles. The summed E-state index contributed by atoms with van der Waals surface area (Å²) in [6.07, 6.45) is 2.51. The summed E-state index contributed by atoms with van der Waals surface area (Å²) in [7, 11) is 0.671. The Hall–Kier alpha value is -3.21. The average Bonchev–Trinajstić information content (AvgIpc) is 3.18. The van der Waals surface area contributed by atoms with Crippen molar-refractivity contribution >= 4 is 13.0 Å². The number of H-pyrrole nitrogens is 1. The zero-order chi connectivity index (χ0) is 19.3. The Bertz CT molecular complexity index is 1020. The Kier molecular flexibility index (Phi) is 5.33. The van der Waals surface area contributed by atoms with Crippen molar-refractivity contribution in [3.8, 4) is 11.3 Å². The summed E-state index contributed by atoms with van der Waals surface area (Å²) in [5.41, 5.74) is 4.56. The van der Waals surface area contributed by atoms with Gasteiger partial charge in [-0.15, -0.1) is 0 Å². The van der Waals surface area contributed by atoms with E-state index in [4.69, 9.17) is 0 Å². The molecule has 28 heavy (non-hydrogen) atoms. The summed E-state index contributed by atoms with van der Waals surface area (Å²) in [6.45, 7) is 0. The smallest absolute Gasteiger partial charge is 0.205 e. The van der Waals surface area contributed by atoms with E-state index in [0.717, 1.165) is 28.1 Å². The topological polar surface area (TPSA) is 28.7 Å². The number of hydrogen-bond acceptors (Lipinski definition) is 1. The number of imidazole rings is 1. The van der Waals surface area contributed by atoms with Crippen molar-refractivity contribution in [2.45, 2.75) is 12.2 Å². The van der Waals surface area contributed by atoms with Gasteiger partial charge >= 0.3 is 0 Å². The van der Waals surface area contributed by atoms with Gasteiger partial charge in [-0.05, 0) is 41.0 Å². The normalized spacial score (nSPS) is 11.0. The number of aromatic amines is 1. The van der Waals surface area contributed by atoms with E-state index in [9.17, 15) is 8.78 Å². The minimum atomic E-state index is -0.289. The maximum Gasteiger partial charge on any atom is 0.205 e. The quantitative estimate of drug-likeness (QED) is 0.490. The zero-order valence-corrected chi connectivity index (χ0v) is 15.3. The first-order chi connectivity index (χ1) is 13.7. The van der Waals surface area contributed by atoms with Crippen LogP contribution in [0.15, 0.2) is 85.1 Å². The van der Waals surface area contributed by atoms with Gasteiger partial charge in [-0.1, -0.05) is 60.9 Å². The average molecular weight is 372 g/mol. The Morgan fingerprint density at radius 1 is 0.821 bits per heavy atom. The van der Waals surface area contributed by atoms with Crippen molar-refractivity contribution in [2.24, 2.45) is 0 Å². The molecule has 3 aromatic carbocycles. The fourth-order valence-corrected chi connectivity index (χ4v) is 3.51. The van der Waals surface area contributed by atoms with Crippen LogP contribution in [0.4, 0.5) is 8.78 Å². The van der Waals surface area contributed by atoms with Gasteiger partial charge in [0.25, 0.3) is 0 Å². The van der Waals surface area contributed by atoms with E-state index in [1.165, 1.54) is 24.3 Å². The lowest BCUT2D eigenvalue weighted by Gasteiger charge is -2.17. The first-order valence-corrected chi connectivity index (χ1v) is 9.29. The Balaban J connectivity index is 1.57. The number of aromatic nitrogens is 2. The van der Waals surface area contributed by atoms with Gasteiger partial charge in [0.1, 0.15) is 11.6 Å². The van der Waals surface area contributed by atoms with Crippen molar-refractivity contribution < 1.29 is 8.78 Å². The highest BCUT2D eigenvalue weighted by Gasteiger charge is 2.17. The second-order valence-corrected chi connectivity index (χ2v) is 6.81. The third-order valence-electron chi connectivity index (χ3n) is 4.89. The van der Waals surface area contributed by atoms with E-state index in [1.807, 2.05) is 48.7 Å². The molecule has 0 spiro atoms. The van der Waals surface area contributed by atoms with Gasteiger partial charge in [-0.2, -0.15) is 0 Å². The van der Waals surface area contributed by atoms with Crippen LogP contribution < -0.4 is 5.72 Å². The fraction of sp³-hybridized carbons (Fsp3) is 0.0870. The predicted octanol–water partition coefficient (Wildman–Crippen LogP) is 4.67. The van der Waals surface area contributed by atoms with Crippen LogP contribution in [0.25, 0.3) is 11.3 Å². The molecule has 0 atom stereocenters. The van der Waals surface area contributed by atoms with Gasteiger partial charge in [0.15, 0.2) is 0 Å². The van der Waals surface area contributed by atoms with Crippen LogP contribution in [0.1, 0.15) is 17.0 Å². The highest BCUT2D eigenvalue weighted by Crippen LogP contribution is 2.29. The molecule has 0 aliphatic rings. The van der Waals surface area contributed by atoms with Crippen LogP contribution in [0.2, 0.25) is 6.32 Å². The predicted molar refractivity (Wildman–Crippen MR) is 110 cm³/mol. The number of rotatable bonds is 6. The minimum Gasteiger partial charge on any atom is -0.350 e. The number of nitrogens with one attached hydrogen (secondary N) is 1. The van der Waals surface area contributed by atoms with Crippen LogP contribution in [0, 0.1) is 11.6 Å². The van der Waals surface area contributed by atoms with Crippen LogP contribution in [0.5, 0.6) is 0 Å². The second kappa shape index (κ2) is 8.22. The van der Waals surface area contributed by atoms with Gasteiger partial charge < -0.3 is 4.98 Å². The Labute approximate surface area is 163 Å². The van der Waals surface area contributed by atoms with E-state index < -0.39 is 0 Å². The molecule has 0 saturated carbocycles. The van der Waals surface area contributed by atoms with Crippen molar-refractivity contribution in [1.29, 1.82) is 0 Å². The molecule has 0 fully saturated rings. The molecule has 138 valence electrons. The molecule has 1 heterocycles. The van der Waals surface area contributed by atoms with Crippen molar-refractivity contribution in [2.75, 3.05) is 0 Å². The lowest BCUT2D eigenvalue weighted by atomic mass is 9.65. The SMILES string of the molecule is Fc1cccc(C(CBc2ncc(-c3ccccc3)[nH]2)c2cccc(F)c2)c1. The number of hydrogen-bond donors (Lipinski definition) is 1. The fourth-order valence-electron chi connectivity index (χ4n) is 3.51. The molecule has 0 unspecified atom stereocenters. The summed E-state index contributed by atoms with van der Waals surface area (Å²) in [4.78, 5) is 7.83. The summed E-state index contributed by atoms with van der Waals surface area (Å²) in [5, 5.41) is 0. The van der Waals surface area contributed by atoms with Crippen LogP contribution in [-0.2, 0) is 0 Å². The molecular formula is C23H19BF2N2. The monoisotopic (exact) mass is 372 g/mol. The summed E-state index contributed by atoms with van der Waals surface area (Å²) < 4.78 is 27.6. The van der Waals surface area contributed by atoms with E-state index >= 15 is 0 Å². The molecule has 1 aromatic heterocycles. The van der Waals surface area contributed by atoms with E-state index in [2.05, 4.69) is 9.97 Å². The standard InChI is InChI=1S/C23H19BF2N2/c25-19-10-4-8-17(12-19)21(18-9-5-11-20(26)13-18)14-24-23-27-15-22(28-23)16-6-2-1-3-7-16/h1-13,15,21,24H,14H2,(H,27,28). The number of benzene rings is 3. The van der Waals surface area contributed by atoms with Crippen molar-refractivity contribution in [1.82, 2.24) is 9.97 Å². The van der Waals surface area contributed by atoms with Gasteiger partial charge in [-0.3, -0.25) is 4.98 Å². The highest BCUT2D eigenvalue weighted by atomic mass is 19.1. The largest absolute Gasteiger partial charge is 0.350 e. The molecule has 4 aromatic rings. The van der Waals surface area contributed by atoms with Crippen LogP contribution in [-0.4, -0.2) is 17.2 Å². The molecule has 5 heteroatoms. The van der Waals surface area contributed by atoms with E-state index in [-0.39, 0.29) is 17.6 Å². The van der Waals surface area contributed by atoms with Gasteiger partial charge in [-0.25, -0.2) is 8.78 Å². The lowest BCUT2D eigenvalue weighted by Crippen LogP contribution is -2.21.